The number of hydrogen-bond acceptors (Lipinski definition) is 2. The van der Waals surface area contributed by atoms with Crippen molar-refractivity contribution in [1.82, 2.24) is 5.32 Å². The Bertz CT molecular complexity index is 766. The van der Waals surface area contributed by atoms with Crippen molar-refractivity contribution in [3.05, 3.63) is 65.5 Å². The minimum absolute atomic E-state index is 0.113. The maximum Gasteiger partial charge on any atom is 0.255 e. The molecule has 2 N–H and O–H groups in total. The fourth-order valence-electron chi connectivity index (χ4n) is 3.22. The van der Waals surface area contributed by atoms with Crippen LogP contribution in [0.15, 0.2) is 48.5 Å². The molecular formula is C21H23FN2O2. The van der Waals surface area contributed by atoms with Crippen molar-refractivity contribution in [2.75, 3.05) is 5.32 Å². The van der Waals surface area contributed by atoms with Crippen LogP contribution in [0.3, 0.4) is 0 Å². The quantitative estimate of drug-likeness (QED) is 0.793. The summed E-state index contributed by atoms with van der Waals surface area (Å²) in [4.78, 5) is 24.6. The zero-order valence-electron chi connectivity index (χ0n) is 14.6. The number of carbonyl (C=O) groups excluding carboxylic acids is 2. The Morgan fingerprint density at radius 1 is 0.808 bits per heavy atom. The average molecular weight is 354 g/mol. The van der Waals surface area contributed by atoms with Gasteiger partial charge in [0.05, 0.1) is 5.69 Å². The van der Waals surface area contributed by atoms with Crippen LogP contribution in [-0.2, 0) is 0 Å². The highest BCUT2D eigenvalue weighted by Crippen LogP contribution is 2.18. The van der Waals surface area contributed by atoms with E-state index in [1.807, 2.05) is 0 Å². The van der Waals surface area contributed by atoms with Crippen molar-refractivity contribution in [3.8, 4) is 0 Å². The highest BCUT2D eigenvalue weighted by molar-refractivity contribution is 6.05. The summed E-state index contributed by atoms with van der Waals surface area (Å²) < 4.78 is 13.6. The first-order valence-corrected chi connectivity index (χ1v) is 9.10. The average Bonchev–Trinajstić information content (AvgIpc) is 2.92. The highest BCUT2D eigenvalue weighted by atomic mass is 19.1. The van der Waals surface area contributed by atoms with Crippen molar-refractivity contribution in [1.29, 1.82) is 0 Å². The second kappa shape index (κ2) is 8.61. The number of anilines is 1. The second-order valence-electron chi connectivity index (χ2n) is 6.67. The molecule has 0 aromatic heterocycles. The third kappa shape index (κ3) is 4.69. The van der Waals surface area contributed by atoms with Gasteiger partial charge < -0.3 is 10.6 Å². The summed E-state index contributed by atoms with van der Waals surface area (Å²) in [6, 6.07) is 12.7. The maximum atomic E-state index is 13.6. The van der Waals surface area contributed by atoms with Crippen molar-refractivity contribution in [2.24, 2.45) is 0 Å². The molecular weight excluding hydrogens is 331 g/mol. The van der Waals surface area contributed by atoms with E-state index in [1.165, 1.54) is 25.0 Å². The summed E-state index contributed by atoms with van der Waals surface area (Å²) >= 11 is 0. The Morgan fingerprint density at radius 2 is 1.38 bits per heavy atom. The minimum Gasteiger partial charge on any atom is -0.349 e. The zero-order chi connectivity index (χ0) is 18.4. The summed E-state index contributed by atoms with van der Waals surface area (Å²) in [6.45, 7) is 0. The fourth-order valence-corrected chi connectivity index (χ4v) is 3.22. The predicted molar refractivity (Wildman–Crippen MR) is 99.8 cm³/mol. The van der Waals surface area contributed by atoms with Crippen LogP contribution < -0.4 is 10.6 Å². The van der Waals surface area contributed by atoms with Gasteiger partial charge in [-0.25, -0.2) is 4.39 Å². The smallest absolute Gasteiger partial charge is 0.255 e. The normalized spacial score (nSPS) is 15.1. The summed E-state index contributed by atoms with van der Waals surface area (Å²) in [6.07, 6.45) is 6.82. The van der Waals surface area contributed by atoms with E-state index in [0.29, 0.717) is 11.1 Å². The lowest BCUT2D eigenvalue weighted by Crippen LogP contribution is -2.34. The first-order chi connectivity index (χ1) is 12.6. The number of benzene rings is 2. The maximum absolute atomic E-state index is 13.6. The molecule has 2 aromatic rings. The molecule has 2 amide bonds. The highest BCUT2D eigenvalue weighted by Gasteiger charge is 2.16. The molecule has 0 heterocycles. The van der Waals surface area contributed by atoms with E-state index in [9.17, 15) is 14.0 Å². The van der Waals surface area contributed by atoms with Crippen molar-refractivity contribution < 1.29 is 14.0 Å². The lowest BCUT2D eigenvalue weighted by molar-refractivity contribution is 0.0932. The second-order valence-corrected chi connectivity index (χ2v) is 6.67. The summed E-state index contributed by atoms with van der Waals surface area (Å²) in [5, 5.41) is 5.62. The monoisotopic (exact) mass is 354 g/mol. The van der Waals surface area contributed by atoms with E-state index < -0.39 is 11.7 Å². The van der Waals surface area contributed by atoms with Crippen LogP contribution in [0.5, 0.6) is 0 Å². The Morgan fingerprint density at radius 3 is 2.00 bits per heavy atom. The van der Waals surface area contributed by atoms with Gasteiger partial charge in [0.15, 0.2) is 0 Å². The van der Waals surface area contributed by atoms with Crippen LogP contribution in [0.25, 0.3) is 0 Å². The van der Waals surface area contributed by atoms with Gasteiger partial charge in [-0.3, -0.25) is 9.59 Å². The van der Waals surface area contributed by atoms with Gasteiger partial charge in [-0.05, 0) is 49.2 Å². The SMILES string of the molecule is O=C(Nc1ccccc1F)c1ccc(C(=O)NC2CCCCCC2)cc1. The molecule has 4 nitrogen and oxygen atoms in total. The van der Waals surface area contributed by atoms with Crippen LogP contribution in [0, 0.1) is 5.82 Å². The first-order valence-electron chi connectivity index (χ1n) is 9.10. The molecule has 0 atom stereocenters. The molecule has 0 spiro atoms. The van der Waals surface area contributed by atoms with Crippen molar-refractivity contribution >= 4 is 17.5 Å². The first kappa shape index (κ1) is 18.1. The molecule has 1 saturated carbocycles. The predicted octanol–water partition coefficient (Wildman–Crippen LogP) is 4.53. The number of nitrogens with one attached hydrogen (secondary N) is 2. The molecule has 3 rings (SSSR count). The Labute approximate surface area is 152 Å². The van der Waals surface area contributed by atoms with Gasteiger partial charge in [-0.15, -0.1) is 0 Å². The number of para-hydroxylation sites is 1. The number of halogens is 1. The third-order valence-electron chi connectivity index (χ3n) is 4.72. The Hall–Kier alpha value is -2.69. The van der Waals surface area contributed by atoms with Crippen LogP contribution in [0.1, 0.15) is 59.2 Å². The molecule has 136 valence electrons. The van der Waals surface area contributed by atoms with Gasteiger partial charge in [-0.2, -0.15) is 0 Å². The van der Waals surface area contributed by atoms with Gasteiger partial charge in [0.2, 0.25) is 0 Å². The molecule has 5 heteroatoms. The van der Waals surface area contributed by atoms with Gasteiger partial charge in [0.1, 0.15) is 5.82 Å². The molecule has 0 aliphatic heterocycles. The zero-order valence-corrected chi connectivity index (χ0v) is 14.6. The van der Waals surface area contributed by atoms with Gasteiger partial charge in [0.25, 0.3) is 11.8 Å². The molecule has 1 aliphatic rings. The molecule has 0 saturated heterocycles. The molecule has 1 aliphatic carbocycles. The van der Waals surface area contributed by atoms with E-state index >= 15 is 0 Å². The number of hydrogen-bond donors (Lipinski definition) is 2. The van der Waals surface area contributed by atoms with E-state index in [2.05, 4.69) is 10.6 Å². The number of rotatable bonds is 4. The van der Waals surface area contributed by atoms with Crippen molar-refractivity contribution in [2.45, 2.75) is 44.6 Å². The lowest BCUT2D eigenvalue weighted by atomic mass is 10.1. The standard InChI is InChI=1S/C21H23FN2O2/c22-18-9-5-6-10-19(18)24-21(26)16-13-11-15(12-14-16)20(25)23-17-7-3-1-2-4-8-17/h5-6,9-14,17H,1-4,7-8H2,(H,23,25)(H,24,26). The topological polar surface area (TPSA) is 58.2 Å². The molecule has 2 aromatic carbocycles. The Balaban J connectivity index is 1.61. The number of carbonyl (C=O) groups is 2. The lowest BCUT2D eigenvalue weighted by Gasteiger charge is -2.16. The Kier molecular flexibility index (Phi) is 6.00. The van der Waals surface area contributed by atoms with E-state index in [-0.39, 0.29) is 17.6 Å². The molecule has 0 radical (unpaired) electrons. The molecule has 0 unspecified atom stereocenters. The summed E-state index contributed by atoms with van der Waals surface area (Å²) in [7, 11) is 0. The van der Waals surface area contributed by atoms with E-state index in [0.717, 1.165) is 25.7 Å². The number of amides is 2. The third-order valence-corrected chi connectivity index (χ3v) is 4.72. The van der Waals surface area contributed by atoms with Crippen LogP contribution in [-0.4, -0.2) is 17.9 Å². The van der Waals surface area contributed by atoms with Crippen LogP contribution in [0.2, 0.25) is 0 Å². The van der Waals surface area contributed by atoms with Crippen molar-refractivity contribution in [3.63, 3.8) is 0 Å². The summed E-state index contributed by atoms with van der Waals surface area (Å²) in [5.41, 5.74) is 1.03. The largest absolute Gasteiger partial charge is 0.349 e. The molecule has 1 fully saturated rings. The van der Waals surface area contributed by atoms with Crippen LogP contribution >= 0.6 is 0 Å². The van der Waals surface area contributed by atoms with E-state index in [1.54, 1.807) is 36.4 Å². The summed E-state index contributed by atoms with van der Waals surface area (Å²) in [5.74, 6) is -1.01. The fraction of sp³-hybridized carbons (Fsp3) is 0.333. The van der Waals surface area contributed by atoms with E-state index in [4.69, 9.17) is 0 Å². The molecule has 0 bridgehead atoms. The van der Waals surface area contributed by atoms with Gasteiger partial charge >= 0.3 is 0 Å². The van der Waals surface area contributed by atoms with Gasteiger partial charge in [-0.1, -0.05) is 37.8 Å². The van der Waals surface area contributed by atoms with Gasteiger partial charge in [0, 0.05) is 17.2 Å². The van der Waals surface area contributed by atoms with Crippen LogP contribution in [0.4, 0.5) is 10.1 Å². The molecule has 26 heavy (non-hydrogen) atoms. The minimum atomic E-state index is -0.486.